The van der Waals surface area contributed by atoms with E-state index in [9.17, 15) is 9.59 Å². The van der Waals surface area contributed by atoms with Gasteiger partial charge in [-0.15, -0.1) is 0 Å². The summed E-state index contributed by atoms with van der Waals surface area (Å²) in [5.41, 5.74) is 0. The number of hydrogen-bond donors (Lipinski definition) is 3. The molecule has 4 unspecified atom stereocenters. The second kappa shape index (κ2) is 14.3. The van der Waals surface area contributed by atoms with E-state index in [1.807, 2.05) is 14.0 Å². The topological polar surface area (TPSA) is 82.7 Å². The van der Waals surface area contributed by atoms with E-state index in [-0.39, 0.29) is 24.0 Å². The molecule has 3 aliphatic rings. The molecule has 3 fully saturated rings. The van der Waals surface area contributed by atoms with Gasteiger partial charge in [0.15, 0.2) is 0 Å². The lowest BCUT2D eigenvalue weighted by atomic mass is 9.85. The van der Waals surface area contributed by atoms with Gasteiger partial charge in [0.05, 0.1) is 12.1 Å². The van der Waals surface area contributed by atoms with Gasteiger partial charge in [0.25, 0.3) is 0 Å². The number of amides is 2. The highest BCUT2D eigenvalue weighted by Crippen LogP contribution is 2.30. The molecule has 2 amide bonds. The van der Waals surface area contributed by atoms with E-state index >= 15 is 0 Å². The molecular weight excluding hydrogens is 416 g/mol. The number of ether oxygens (including phenoxy) is 1. The number of hydrogen-bond acceptors (Lipinski definition) is 5. The quantitative estimate of drug-likeness (QED) is 0.387. The highest BCUT2D eigenvalue weighted by atomic mass is 16.5. The second-order valence-corrected chi connectivity index (χ2v) is 10.4. The first-order valence-electron chi connectivity index (χ1n) is 13.7. The van der Waals surface area contributed by atoms with Gasteiger partial charge < -0.3 is 25.6 Å². The lowest BCUT2D eigenvalue weighted by Crippen LogP contribution is -2.44. The molecule has 2 aliphatic heterocycles. The van der Waals surface area contributed by atoms with Gasteiger partial charge in [0.2, 0.25) is 11.8 Å². The van der Waals surface area contributed by atoms with Crippen molar-refractivity contribution in [1.82, 2.24) is 20.9 Å². The van der Waals surface area contributed by atoms with E-state index in [2.05, 4.69) is 20.9 Å². The first kappa shape index (κ1) is 26.4. The number of nitrogens with zero attached hydrogens (tertiary/aromatic N) is 1. The van der Waals surface area contributed by atoms with Crippen LogP contribution in [-0.2, 0) is 14.3 Å². The van der Waals surface area contributed by atoms with Gasteiger partial charge in [-0.05, 0) is 84.2 Å². The Hall–Kier alpha value is -1.18. The van der Waals surface area contributed by atoms with Crippen molar-refractivity contribution in [2.24, 2.45) is 11.8 Å². The Labute approximate surface area is 201 Å². The molecule has 7 nitrogen and oxygen atoms in total. The molecule has 0 spiro atoms. The average molecular weight is 465 g/mol. The van der Waals surface area contributed by atoms with Crippen LogP contribution in [0.25, 0.3) is 0 Å². The molecular formula is C26H48N4O3. The van der Waals surface area contributed by atoms with Crippen molar-refractivity contribution < 1.29 is 14.3 Å². The van der Waals surface area contributed by atoms with Crippen LogP contribution < -0.4 is 16.0 Å². The minimum Gasteiger partial charge on any atom is -0.378 e. The summed E-state index contributed by atoms with van der Waals surface area (Å²) in [5.74, 6) is 1.43. The maximum Gasteiger partial charge on any atom is 0.237 e. The zero-order valence-electron chi connectivity index (χ0n) is 21.1. The molecule has 190 valence electrons. The normalized spacial score (nSPS) is 28.7. The molecule has 2 heterocycles. The minimum absolute atomic E-state index is 0.0123. The molecule has 0 aromatic carbocycles. The van der Waals surface area contributed by atoms with Crippen LogP contribution in [-0.4, -0.2) is 74.7 Å². The highest BCUT2D eigenvalue weighted by Gasteiger charge is 2.32. The second-order valence-electron chi connectivity index (χ2n) is 10.4. The molecule has 0 bridgehead atoms. The van der Waals surface area contributed by atoms with Crippen molar-refractivity contribution in [3.63, 3.8) is 0 Å². The lowest BCUT2D eigenvalue weighted by molar-refractivity contribution is -0.140. The van der Waals surface area contributed by atoms with Crippen molar-refractivity contribution >= 4 is 11.8 Å². The predicted octanol–water partition coefficient (Wildman–Crippen LogP) is 2.84. The molecule has 2 saturated heterocycles. The molecule has 7 heteroatoms. The Morgan fingerprint density at radius 2 is 1.82 bits per heavy atom. The predicted molar refractivity (Wildman–Crippen MR) is 132 cm³/mol. The fourth-order valence-corrected chi connectivity index (χ4v) is 5.92. The SMILES string of the molecule is CCOC1CCCC(C(=O)N2CCC(CCCCNC(=O)C3CCC(CCNC)N3)CC2)C1. The third kappa shape index (κ3) is 8.52. The monoisotopic (exact) mass is 464 g/mol. The van der Waals surface area contributed by atoms with Crippen LogP contribution in [0.2, 0.25) is 0 Å². The summed E-state index contributed by atoms with van der Waals surface area (Å²) < 4.78 is 5.79. The summed E-state index contributed by atoms with van der Waals surface area (Å²) in [6, 6.07) is 0.455. The largest absolute Gasteiger partial charge is 0.378 e. The summed E-state index contributed by atoms with van der Waals surface area (Å²) in [5, 5.41) is 9.78. The molecule has 4 atom stereocenters. The Morgan fingerprint density at radius 3 is 2.58 bits per heavy atom. The van der Waals surface area contributed by atoms with Gasteiger partial charge >= 0.3 is 0 Å². The van der Waals surface area contributed by atoms with E-state index in [0.717, 1.165) is 109 Å². The standard InChI is InChI=1S/C26H48N4O3/c1-3-33-23-9-6-8-21(19-23)26(32)30-17-13-20(14-18-30)7-4-5-15-28-25(31)24-11-10-22(29-24)12-16-27-2/h20-24,27,29H,3-19H2,1-2H3,(H,28,31). The first-order valence-corrected chi connectivity index (χ1v) is 13.7. The molecule has 0 aromatic rings. The van der Waals surface area contributed by atoms with Crippen LogP contribution in [0.4, 0.5) is 0 Å². The van der Waals surface area contributed by atoms with Crippen LogP contribution in [0.3, 0.4) is 0 Å². The molecule has 1 saturated carbocycles. The number of unbranched alkanes of at least 4 members (excludes halogenated alkanes) is 1. The van der Waals surface area contributed by atoms with E-state index < -0.39 is 0 Å². The van der Waals surface area contributed by atoms with E-state index in [4.69, 9.17) is 4.74 Å². The fraction of sp³-hybridized carbons (Fsp3) is 0.923. The summed E-state index contributed by atoms with van der Waals surface area (Å²) in [7, 11) is 1.97. The van der Waals surface area contributed by atoms with Gasteiger partial charge in [0, 0.05) is 38.2 Å². The molecule has 3 N–H and O–H groups in total. The number of piperidine rings is 1. The zero-order chi connectivity index (χ0) is 23.5. The van der Waals surface area contributed by atoms with Crippen molar-refractivity contribution in [2.45, 2.75) is 102 Å². The Bertz CT molecular complexity index is 592. The van der Waals surface area contributed by atoms with E-state index in [0.29, 0.717) is 11.9 Å². The van der Waals surface area contributed by atoms with Gasteiger partial charge in [-0.2, -0.15) is 0 Å². The minimum atomic E-state index is -0.0123. The van der Waals surface area contributed by atoms with Crippen LogP contribution in [0.15, 0.2) is 0 Å². The molecule has 3 rings (SSSR count). The molecule has 1 aliphatic carbocycles. The van der Waals surface area contributed by atoms with Gasteiger partial charge in [-0.1, -0.05) is 19.3 Å². The lowest BCUT2D eigenvalue weighted by Gasteiger charge is -2.36. The van der Waals surface area contributed by atoms with Crippen molar-refractivity contribution in [3.05, 3.63) is 0 Å². The smallest absolute Gasteiger partial charge is 0.237 e. The zero-order valence-corrected chi connectivity index (χ0v) is 21.1. The number of likely N-dealkylation sites (tertiary alicyclic amines) is 1. The summed E-state index contributed by atoms with van der Waals surface area (Å²) in [6.07, 6.45) is 13.2. The van der Waals surface area contributed by atoms with Crippen LogP contribution in [0.5, 0.6) is 0 Å². The third-order valence-electron chi connectivity index (χ3n) is 7.94. The highest BCUT2D eigenvalue weighted by molar-refractivity contribution is 5.82. The van der Waals surface area contributed by atoms with Crippen molar-refractivity contribution in [3.8, 4) is 0 Å². The summed E-state index contributed by atoms with van der Waals surface area (Å²) >= 11 is 0. The van der Waals surface area contributed by atoms with Gasteiger partial charge in [-0.3, -0.25) is 9.59 Å². The number of nitrogens with one attached hydrogen (secondary N) is 3. The van der Waals surface area contributed by atoms with E-state index in [1.165, 1.54) is 6.42 Å². The third-order valence-corrected chi connectivity index (χ3v) is 7.94. The van der Waals surface area contributed by atoms with Gasteiger partial charge in [0.1, 0.15) is 0 Å². The summed E-state index contributed by atoms with van der Waals surface area (Å²) in [6.45, 7) is 6.39. The van der Waals surface area contributed by atoms with Crippen molar-refractivity contribution in [1.29, 1.82) is 0 Å². The van der Waals surface area contributed by atoms with E-state index in [1.54, 1.807) is 0 Å². The number of rotatable bonds is 12. The molecule has 0 radical (unpaired) electrons. The van der Waals surface area contributed by atoms with Crippen LogP contribution in [0, 0.1) is 11.8 Å². The Balaban J connectivity index is 1.23. The molecule has 33 heavy (non-hydrogen) atoms. The van der Waals surface area contributed by atoms with Crippen LogP contribution >= 0.6 is 0 Å². The Morgan fingerprint density at radius 1 is 1.00 bits per heavy atom. The van der Waals surface area contributed by atoms with Gasteiger partial charge in [-0.25, -0.2) is 0 Å². The first-order chi connectivity index (χ1) is 16.1. The van der Waals surface area contributed by atoms with Crippen molar-refractivity contribution in [2.75, 3.05) is 39.8 Å². The number of carbonyl (C=O) groups is 2. The maximum absolute atomic E-state index is 13.0. The fourth-order valence-electron chi connectivity index (χ4n) is 5.92. The number of carbonyl (C=O) groups excluding carboxylic acids is 2. The molecule has 0 aromatic heterocycles. The Kier molecular flexibility index (Phi) is 11.4. The summed E-state index contributed by atoms with van der Waals surface area (Å²) in [4.78, 5) is 27.5. The maximum atomic E-state index is 13.0. The average Bonchev–Trinajstić information content (AvgIpc) is 3.32. The van der Waals surface area contributed by atoms with Crippen LogP contribution in [0.1, 0.15) is 84.0 Å².